The number of anilines is 2. The highest BCUT2D eigenvalue weighted by Crippen LogP contribution is 2.37. The van der Waals surface area contributed by atoms with Crippen molar-refractivity contribution in [2.45, 2.75) is 40.2 Å². The topological polar surface area (TPSA) is 113 Å². The average molecular weight is 581 g/mol. The first-order chi connectivity index (χ1) is 20.0. The van der Waals surface area contributed by atoms with Crippen LogP contribution in [0.5, 0.6) is 0 Å². The predicted molar refractivity (Wildman–Crippen MR) is 170 cm³/mol. The lowest BCUT2D eigenvalue weighted by Gasteiger charge is -2.23. The minimum Gasteiger partial charge on any atom is -0.383 e. The van der Waals surface area contributed by atoms with Gasteiger partial charge in [0.05, 0.1) is 34.0 Å². The van der Waals surface area contributed by atoms with Crippen molar-refractivity contribution in [2.24, 2.45) is 12.5 Å². The van der Waals surface area contributed by atoms with Gasteiger partial charge in [-0.2, -0.15) is 5.26 Å². The van der Waals surface area contributed by atoms with Crippen LogP contribution in [-0.2, 0) is 7.05 Å². The smallest absolute Gasteiger partial charge is 0.258 e. The summed E-state index contributed by atoms with van der Waals surface area (Å²) in [6.07, 6.45) is 5.86. The lowest BCUT2D eigenvalue weighted by molar-refractivity contribution is 0.443. The Morgan fingerprint density at radius 3 is 2.69 bits per heavy atom. The zero-order chi connectivity index (χ0) is 30.2. The number of nitrogens with zero attached hydrogens (tertiary/aromatic N) is 6. The molecular weight excluding hydrogens is 548 g/mol. The molecule has 0 saturated carbocycles. The van der Waals surface area contributed by atoms with Crippen LogP contribution in [0.15, 0.2) is 66.4 Å². The molecule has 1 atom stereocenters. The number of rotatable bonds is 8. The van der Waals surface area contributed by atoms with Gasteiger partial charge in [-0.1, -0.05) is 63.2 Å². The van der Waals surface area contributed by atoms with Crippen LogP contribution >= 0.6 is 11.6 Å². The highest BCUT2D eigenvalue weighted by molar-refractivity contribution is 6.35. The highest BCUT2D eigenvalue weighted by Gasteiger charge is 2.23. The maximum Gasteiger partial charge on any atom is 0.258 e. The van der Waals surface area contributed by atoms with Gasteiger partial charge in [0.15, 0.2) is 0 Å². The number of aryl methyl sites for hydroxylation is 1. The zero-order valence-corrected chi connectivity index (χ0v) is 25.1. The molecule has 0 aliphatic rings. The number of allylic oxidation sites excluding steroid dienone is 1. The molecule has 3 aromatic heterocycles. The molecule has 0 saturated heterocycles. The summed E-state index contributed by atoms with van der Waals surface area (Å²) in [5.74, 6) is 0. The predicted octanol–water partition coefficient (Wildman–Crippen LogP) is 6.74. The lowest BCUT2D eigenvalue weighted by Crippen LogP contribution is -2.20. The van der Waals surface area contributed by atoms with E-state index >= 15 is 0 Å². The molecule has 0 amide bonds. The van der Waals surface area contributed by atoms with Crippen molar-refractivity contribution in [3.05, 3.63) is 93.8 Å². The Labute approximate surface area is 249 Å². The molecule has 42 heavy (non-hydrogen) atoms. The molecule has 0 bridgehead atoms. The summed E-state index contributed by atoms with van der Waals surface area (Å²) >= 11 is 6.79. The van der Waals surface area contributed by atoms with Gasteiger partial charge in [0, 0.05) is 48.1 Å². The molecule has 0 spiro atoms. The molecule has 0 aliphatic carbocycles. The van der Waals surface area contributed by atoms with Crippen LogP contribution in [-0.4, -0.2) is 31.1 Å². The van der Waals surface area contributed by atoms with Gasteiger partial charge in [-0.15, -0.1) is 5.10 Å². The quantitative estimate of drug-likeness (QED) is 0.209. The van der Waals surface area contributed by atoms with Crippen molar-refractivity contribution < 1.29 is 0 Å². The maximum absolute atomic E-state index is 13.0. The number of nitrogens with one attached hydrogen (secondary N) is 2. The number of halogens is 1. The molecular formula is C32H33ClN8O. The largest absolute Gasteiger partial charge is 0.383 e. The van der Waals surface area contributed by atoms with E-state index in [1.807, 2.05) is 49.5 Å². The normalized spacial score (nSPS) is 12.3. The lowest BCUT2D eigenvalue weighted by atomic mass is 9.96. The molecule has 3 heterocycles. The van der Waals surface area contributed by atoms with Crippen LogP contribution < -0.4 is 16.2 Å². The molecule has 2 aromatic carbocycles. The van der Waals surface area contributed by atoms with Crippen LogP contribution in [0.4, 0.5) is 11.4 Å². The minimum absolute atomic E-state index is 0.0210. The number of hydrogen-bond donors (Lipinski definition) is 2. The second-order valence-corrected chi connectivity index (χ2v) is 12.0. The monoisotopic (exact) mass is 580 g/mol. The number of nitriles is 1. The van der Waals surface area contributed by atoms with E-state index in [0.29, 0.717) is 51.5 Å². The Kier molecular flexibility index (Phi) is 7.76. The van der Waals surface area contributed by atoms with E-state index in [9.17, 15) is 10.1 Å². The number of fused-ring (bicyclic) bond motifs is 2. The molecule has 2 N–H and O–H groups in total. The van der Waals surface area contributed by atoms with Gasteiger partial charge < -0.3 is 15.2 Å². The van der Waals surface area contributed by atoms with E-state index in [1.165, 1.54) is 0 Å². The van der Waals surface area contributed by atoms with E-state index in [4.69, 9.17) is 11.6 Å². The molecule has 10 heteroatoms. The third-order valence-electron chi connectivity index (χ3n) is 7.16. The van der Waals surface area contributed by atoms with Crippen molar-refractivity contribution in [2.75, 3.05) is 17.2 Å². The Bertz CT molecular complexity index is 1930. The van der Waals surface area contributed by atoms with Crippen LogP contribution in [0.25, 0.3) is 27.4 Å². The summed E-state index contributed by atoms with van der Waals surface area (Å²) < 4.78 is 3.23. The fourth-order valence-electron chi connectivity index (χ4n) is 4.83. The summed E-state index contributed by atoms with van der Waals surface area (Å²) in [6.45, 7) is 13.1. The van der Waals surface area contributed by atoms with Gasteiger partial charge in [0.2, 0.25) is 0 Å². The summed E-state index contributed by atoms with van der Waals surface area (Å²) in [6, 6.07) is 13.1. The van der Waals surface area contributed by atoms with Crippen molar-refractivity contribution >= 4 is 50.3 Å². The summed E-state index contributed by atoms with van der Waals surface area (Å²) in [4.78, 5) is 17.5. The van der Waals surface area contributed by atoms with E-state index in [1.54, 1.807) is 28.7 Å². The summed E-state index contributed by atoms with van der Waals surface area (Å²) in [5.41, 5.74) is 4.58. The van der Waals surface area contributed by atoms with Gasteiger partial charge in [-0.25, -0.2) is 4.68 Å². The van der Waals surface area contributed by atoms with E-state index in [0.717, 1.165) is 22.0 Å². The van der Waals surface area contributed by atoms with Crippen molar-refractivity contribution in [3.63, 3.8) is 0 Å². The first-order valence-corrected chi connectivity index (χ1v) is 14.1. The SMILES string of the molecule is C=C(CC)n1cc([C@@H](Nc2cc(Cl)c3ncc(C#N)c(NCC(C)(C)C)c3c2)c2cccc3c(=O)n(C)ccc23)nn1. The second kappa shape index (κ2) is 11.3. The first-order valence-electron chi connectivity index (χ1n) is 13.7. The molecule has 214 valence electrons. The fourth-order valence-corrected chi connectivity index (χ4v) is 5.09. The third-order valence-corrected chi connectivity index (χ3v) is 7.45. The summed E-state index contributed by atoms with van der Waals surface area (Å²) in [7, 11) is 1.73. The molecule has 0 fully saturated rings. The van der Waals surface area contributed by atoms with Crippen LogP contribution in [0, 0.1) is 16.7 Å². The Morgan fingerprint density at radius 1 is 1.19 bits per heavy atom. The molecule has 0 aliphatic heterocycles. The Balaban J connectivity index is 1.69. The third kappa shape index (κ3) is 5.58. The molecule has 0 radical (unpaired) electrons. The van der Waals surface area contributed by atoms with Gasteiger partial charge in [-0.3, -0.25) is 9.78 Å². The van der Waals surface area contributed by atoms with Gasteiger partial charge >= 0.3 is 0 Å². The standard InChI is InChI=1S/C32H33ClN8O/c1-7-19(2)41-17-27(38-39-41)30(23-9-8-10-24-22(23)11-12-40(6)31(24)42)37-21-13-25-28(36-18-32(3,4)5)20(15-34)16-35-29(25)26(33)14-21/h8-14,16-17,30,37H,2,7,18H2,1,3-6H3,(H,35,36)/t30-/m0/s1. The van der Waals surface area contributed by atoms with E-state index < -0.39 is 6.04 Å². The fraction of sp³-hybridized carbons (Fsp3) is 0.281. The van der Waals surface area contributed by atoms with E-state index in [2.05, 4.69) is 59.3 Å². The number of pyridine rings is 2. The average Bonchev–Trinajstić information content (AvgIpc) is 3.45. The summed E-state index contributed by atoms with van der Waals surface area (Å²) in [5, 5.41) is 28.3. The number of benzene rings is 2. The van der Waals surface area contributed by atoms with Gasteiger partial charge in [-0.05, 0) is 47.1 Å². The second-order valence-electron chi connectivity index (χ2n) is 11.6. The van der Waals surface area contributed by atoms with Crippen molar-refractivity contribution in [3.8, 4) is 6.07 Å². The van der Waals surface area contributed by atoms with Crippen LogP contribution in [0.1, 0.15) is 57.0 Å². The van der Waals surface area contributed by atoms with Crippen LogP contribution in [0.2, 0.25) is 5.02 Å². The molecule has 0 unspecified atom stereocenters. The Morgan fingerprint density at radius 2 is 1.98 bits per heavy atom. The minimum atomic E-state index is -0.495. The molecule has 5 rings (SSSR count). The number of hydrogen-bond acceptors (Lipinski definition) is 7. The van der Waals surface area contributed by atoms with Gasteiger partial charge in [0.25, 0.3) is 5.56 Å². The van der Waals surface area contributed by atoms with Crippen molar-refractivity contribution in [1.29, 1.82) is 5.26 Å². The highest BCUT2D eigenvalue weighted by atomic mass is 35.5. The number of aromatic nitrogens is 5. The van der Waals surface area contributed by atoms with Crippen molar-refractivity contribution in [1.82, 2.24) is 24.5 Å². The van der Waals surface area contributed by atoms with E-state index in [-0.39, 0.29) is 11.0 Å². The Hall–Kier alpha value is -4.68. The zero-order valence-electron chi connectivity index (χ0n) is 24.4. The molecule has 5 aromatic rings. The van der Waals surface area contributed by atoms with Crippen LogP contribution in [0.3, 0.4) is 0 Å². The van der Waals surface area contributed by atoms with Gasteiger partial charge in [0.1, 0.15) is 11.8 Å². The maximum atomic E-state index is 13.0. The molecule has 9 nitrogen and oxygen atoms in total. The first kappa shape index (κ1) is 28.8.